The van der Waals surface area contributed by atoms with Crippen LogP contribution in [0, 0.1) is 0 Å². The summed E-state index contributed by atoms with van der Waals surface area (Å²) in [6.45, 7) is 4.91. The Balaban J connectivity index is 3.39. The highest BCUT2D eigenvalue weighted by molar-refractivity contribution is 5.76. The van der Waals surface area contributed by atoms with Crippen LogP contribution < -0.4 is 5.32 Å². The van der Waals surface area contributed by atoms with Crippen molar-refractivity contribution in [2.75, 3.05) is 13.2 Å². The standard InChI is InChI=1S/C77H145NO5/c1-3-5-7-9-11-13-15-17-19-21-33-37-41-45-49-53-57-61-65-69-75(80)74(73-79)78-76(81)70-66-62-58-54-50-46-42-38-35-31-29-27-25-23-24-26-28-30-32-36-40-44-48-52-56-60-64-68-72-83-77(82)71-67-63-59-55-51-47-43-39-34-22-20-18-16-14-12-10-8-6-4-2/h12,14,18,20,23-24,65,69,74-75,79-80H,3-11,13,15-17,19,21-22,25-64,66-68,70-73H2,1-2H3,(H,78,81)/b14-12-,20-18-,24-23-,69-65+. The van der Waals surface area contributed by atoms with E-state index in [1.807, 2.05) is 6.08 Å². The van der Waals surface area contributed by atoms with Gasteiger partial charge in [-0.25, -0.2) is 0 Å². The van der Waals surface area contributed by atoms with Gasteiger partial charge in [0.05, 0.1) is 25.4 Å². The van der Waals surface area contributed by atoms with Crippen LogP contribution in [0.2, 0.25) is 0 Å². The van der Waals surface area contributed by atoms with Crippen molar-refractivity contribution in [2.24, 2.45) is 0 Å². The smallest absolute Gasteiger partial charge is 0.305 e. The number of hydrogen-bond donors (Lipinski definition) is 3. The Morgan fingerprint density at radius 1 is 0.337 bits per heavy atom. The van der Waals surface area contributed by atoms with Gasteiger partial charge in [-0.3, -0.25) is 9.59 Å². The Morgan fingerprint density at radius 3 is 0.952 bits per heavy atom. The minimum Gasteiger partial charge on any atom is -0.466 e. The second-order valence-electron chi connectivity index (χ2n) is 25.6. The molecule has 0 aromatic rings. The van der Waals surface area contributed by atoms with Crippen LogP contribution in [0.4, 0.5) is 0 Å². The summed E-state index contributed by atoms with van der Waals surface area (Å²) < 4.78 is 5.51. The van der Waals surface area contributed by atoms with Crippen molar-refractivity contribution in [3.05, 3.63) is 48.6 Å². The van der Waals surface area contributed by atoms with Gasteiger partial charge in [-0.15, -0.1) is 0 Å². The number of esters is 1. The molecule has 0 aliphatic heterocycles. The molecule has 2 atom stereocenters. The highest BCUT2D eigenvalue weighted by Gasteiger charge is 2.18. The molecule has 83 heavy (non-hydrogen) atoms. The van der Waals surface area contributed by atoms with E-state index in [2.05, 4.69) is 55.6 Å². The molecule has 0 aliphatic carbocycles. The maximum atomic E-state index is 12.5. The molecule has 488 valence electrons. The second kappa shape index (κ2) is 72.3. The molecule has 0 fully saturated rings. The lowest BCUT2D eigenvalue weighted by Gasteiger charge is -2.20. The van der Waals surface area contributed by atoms with Gasteiger partial charge in [0.1, 0.15) is 0 Å². The molecule has 3 N–H and O–H groups in total. The molecule has 0 bridgehead atoms. The van der Waals surface area contributed by atoms with Gasteiger partial charge in [0.25, 0.3) is 0 Å². The zero-order valence-corrected chi connectivity index (χ0v) is 55.9. The van der Waals surface area contributed by atoms with Gasteiger partial charge in [-0.1, -0.05) is 351 Å². The summed E-state index contributed by atoms with van der Waals surface area (Å²) in [6, 6.07) is -0.629. The zero-order chi connectivity index (χ0) is 59.9. The number of amides is 1. The number of rotatable bonds is 70. The Morgan fingerprint density at radius 2 is 0.602 bits per heavy atom. The summed E-state index contributed by atoms with van der Waals surface area (Å²) in [5.41, 5.74) is 0. The second-order valence-corrected chi connectivity index (χ2v) is 25.6. The highest BCUT2D eigenvalue weighted by Crippen LogP contribution is 2.19. The first-order chi connectivity index (χ1) is 41.0. The lowest BCUT2D eigenvalue weighted by molar-refractivity contribution is -0.143. The van der Waals surface area contributed by atoms with Crippen molar-refractivity contribution in [2.45, 2.75) is 418 Å². The summed E-state index contributed by atoms with van der Waals surface area (Å²) in [5, 5.41) is 23.2. The van der Waals surface area contributed by atoms with Gasteiger partial charge in [-0.2, -0.15) is 0 Å². The van der Waals surface area contributed by atoms with Gasteiger partial charge in [0.2, 0.25) is 5.91 Å². The number of unbranched alkanes of at least 4 members (excludes halogenated alkanes) is 53. The van der Waals surface area contributed by atoms with E-state index in [4.69, 9.17) is 4.74 Å². The molecule has 0 heterocycles. The Labute approximate surface area is 518 Å². The van der Waals surface area contributed by atoms with Gasteiger partial charge in [-0.05, 0) is 89.9 Å². The Bertz CT molecular complexity index is 1390. The van der Waals surface area contributed by atoms with Crippen LogP contribution >= 0.6 is 0 Å². The van der Waals surface area contributed by atoms with Crippen molar-refractivity contribution < 1.29 is 24.5 Å². The maximum Gasteiger partial charge on any atom is 0.305 e. The lowest BCUT2D eigenvalue weighted by Crippen LogP contribution is -2.45. The predicted octanol–water partition coefficient (Wildman–Crippen LogP) is 24.4. The van der Waals surface area contributed by atoms with E-state index < -0.39 is 12.1 Å². The van der Waals surface area contributed by atoms with Gasteiger partial charge < -0.3 is 20.3 Å². The number of aliphatic hydroxyl groups excluding tert-OH is 2. The normalized spacial score (nSPS) is 12.8. The van der Waals surface area contributed by atoms with E-state index in [-0.39, 0.29) is 18.5 Å². The summed E-state index contributed by atoms with van der Waals surface area (Å²) in [4.78, 5) is 24.6. The zero-order valence-electron chi connectivity index (χ0n) is 55.9. The molecule has 0 aliphatic rings. The molecular formula is C77H145NO5. The van der Waals surface area contributed by atoms with E-state index in [1.165, 1.54) is 327 Å². The minimum absolute atomic E-state index is 0.0121. The monoisotopic (exact) mass is 1160 g/mol. The highest BCUT2D eigenvalue weighted by atomic mass is 16.5. The molecule has 0 spiro atoms. The molecule has 0 aromatic carbocycles. The fourth-order valence-electron chi connectivity index (χ4n) is 11.6. The average molecular weight is 1170 g/mol. The first kappa shape index (κ1) is 80.8. The number of nitrogens with one attached hydrogen (secondary N) is 1. The van der Waals surface area contributed by atoms with E-state index in [0.717, 1.165) is 51.4 Å². The summed E-state index contributed by atoms with van der Waals surface area (Å²) in [6.07, 6.45) is 94.9. The van der Waals surface area contributed by atoms with Crippen LogP contribution in [0.15, 0.2) is 48.6 Å². The molecule has 0 aromatic heterocycles. The Kier molecular flexibility index (Phi) is 70.4. The van der Waals surface area contributed by atoms with Crippen LogP contribution in [0.5, 0.6) is 0 Å². The number of ether oxygens (including phenoxy) is 1. The largest absolute Gasteiger partial charge is 0.466 e. The van der Waals surface area contributed by atoms with Gasteiger partial charge >= 0.3 is 5.97 Å². The van der Waals surface area contributed by atoms with E-state index in [9.17, 15) is 19.8 Å². The number of carbonyl (C=O) groups is 2. The van der Waals surface area contributed by atoms with Crippen LogP contribution in [0.3, 0.4) is 0 Å². The van der Waals surface area contributed by atoms with E-state index in [1.54, 1.807) is 6.08 Å². The quantitative estimate of drug-likeness (QED) is 0.0320. The summed E-state index contributed by atoms with van der Waals surface area (Å²) in [5.74, 6) is -0.0527. The van der Waals surface area contributed by atoms with Crippen LogP contribution in [0.25, 0.3) is 0 Å². The summed E-state index contributed by atoms with van der Waals surface area (Å²) in [7, 11) is 0. The van der Waals surface area contributed by atoms with Crippen LogP contribution in [-0.2, 0) is 14.3 Å². The van der Waals surface area contributed by atoms with Crippen LogP contribution in [-0.4, -0.2) is 47.4 Å². The topological polar surface area (TPSA) is 95.9 Å². The molecule has 1 amide bonds. The van der Waals surface area contributed by atoms with Gasteiger partial charge in [0.15, 0.2) is 0 Å². The molecule has 0 radical (unpaired) electrons. The molecule has 0 rings (SSSR count). The van der Waals surface area contributed by atoms with Crippen molar-refractivity contribution in [1.29, 1.82) is 0 Å². The number of aliphatic hydroxyl groups is 2. The molecule has 2 unspecified atom stereocenters. The van der Waals surface area contributed by atoms with E-state index in [0.29, 0.717) is 19.4 Å². The number of allylic oxidation sites excluding steroid dienone is 7. The molecule has 0 saturated carbocycles. The minimum atomic E-state index is -0.846. The fraction of sp³-hybridized carbons (Fsp3) is 0.870. The van der Waals surface area contributed by atoms with E-state index >= 15 is 0 Å². The number of hydrogen-bond acceptors (Lipinski definition) is 5. The SMILES string of the molecule is CCCCC/C=C\C/C=C\CCCCCCCCCCCC(=O)OCCCCCCCCCCCCCC/C=C\CCCCCCCCCCCCCCC(=O)NC(CO)C(O)/C=C/CCCCCCCCCCCCCCCCCCC. The van der Waals surface area contributed by atoms with Crippen molar-refractivity contribution >= 4 is 11.9 Å². The van der Waals surface area contributed by atoms with Crippen LogP contribution in [0.1, 0.15) is 406 Å². The first-order valence-electron chi connectivity index (χ1n) is 37.4. The lowest BCUT2D eigenvalue weighted by atomic mass is 10.0. The number of carbonyl (C=O) groups excluding carboxylic acids is 2. The molecular weight excluding hydrogens is 1020 g/mol. The molecule has 0 saturated heterocycles. The third-order valence-electron chi connectivity index (χ3n) is 17.3. The third kappa shape index (κ3) is 68.8. The van der Waals surface area contributed by atoms with Crippen molar-refractivity contribution in [3.63, 3.8) is 0 Å². The maximum absolute atomic E-state index is 12.5. The first-order valence-corrected chi connectivity index (χ1v) is 37.4. The molecule has 6 nitrogen and oxygen atoms in total. The predicted molar refractivity (Wildman–Crippen MR) is 366 cm³/mol. The summed E-state index contributed by atoms with van der Waals surface area (Å²) >= 11 is 0. The molecule has 6 heteroatoms. The van der Waals surface area contributed by atoms with Gasteiger partial charge in [0, 0.05) is 12.8 Å². The fourth-order valence-corrected chi connectivity index (χ4v) is 11.6. The van der Waals surface area contributed by atoms with Crippen molar-refractivity contribution in [1.82, 2.24) is 5.32 Å². The average Bonchev–Trinajstić information content (AvgIpc) is 3.49. The van der Waals surface area contributed by atoms with Crippen molar-refractivity contribution in [3.8, 4) is 0 Å². The third-order valence-corrected chi connectivity index (χ3v) is 17.3. The Hall–Kier alpha value is -2.18.